The van der Waals surface area contributed by atoms with Gasteiger partial charge in [-0.05, 0) is 31.5 Å². The van der Waals surface area contributed by atoms with E-state index in [1.54, 1.807) is 0 Å². The Hall–Kier alpha value is -2.63. The number of anilines is 2. The molecule has 0 atom stereocenters. The molecule has 1 fully saturated rings. The van der Waals surface area contributed by atoms with Crippen LogP contribution in [0.1, 0.15) is 17.1 Å². The standard InChI is InChI=1S/C17H21N5O/c1-12-9-16(21-13(2)20-12)19-10-14-3-5-15(6-4-14)22-8-7-18-17(23)11-22/h3-6,9H,7-8,10-11H2,1-2H3,(H,18,23)(H,19,20,21). The predicted molar refractivity (Wildman–Crippen MR) is 90.5 cm³/mol. The molecule has 1 saturated heterocycles. The van der Waals surface area contributed by atoms with Gasteiger partial charge >= 0.3 is 0 Å². The number of aromatic nitrogens is 2. The lowest BCUT2D eigenvalue weighted by molar-refractivity contribution is -0.120. The maximum Gasteiger partial charge on any atom is 0.239 e. The Morgan fingerprint density at radius 1 is 1.22 bits per heavy atom. The molecule has 1 amide bonds. The highest BCUT2D eigenvalue weighted by Crippen LogP contribution is 2.17. The van der Waals surface area contributed by atoms with E-state index >= 15 is 0 Å². The lowest BCUT2D eigenvalue weighted by atomic mass is 10.2. The summed E-state index contributed by atoms with van der Waals surface area (Å²) in [5.41, 5.74) is 3.21. The third-order valence-electron chi connectivity index (χ3n) is 3.78. The van der Waals surface area contributed by atoms with Crippen molar-refractivity contribution in [2.45, 2.75) is 20.4 Å². The van der Waals surface area contributed by atoms with Crippen molar-refractivity contribution >= 4 is 17.4 Å². The molecule has 2 aromatic rings. The van der Waals surface area contributed by atoms with Crippen LogP contribution in [-0.4, -0.2) is 35.5 Å². The van der Waals surface area contributed by atoms with Crippen LogP contribution in [0.2, 0.25) is 0 Å². The summed E-state index contributed by atoms with van der Waals surface area (Å²) in [5, 5.41) is 6.16. The Bertz CT molecular complexity index is 678. The van der Waals surface area contributed by atoms with Gasteiger partial charge in [0.25, 0.3) is 0 Å². The first-order valence-corrected chi connectivity index (χ1v) is 7.77. The van der Waals surface area contributed by atoms with E-state index in [9.17, 15) is 4.79 Å². The smallest absolute Gasteiger partial charge is 0.239 e. The molecular formula is C17H21N5O. The molecule has 6 heteroatoms. The quantitative estimate of drug-likeness (QED) is 0.898. The molecule has 2 N–H and O–H groups in total. The number of nitrogens with zero attached hydrogens (tertiary/aromatic N) is 3. The fourth-order valence-corrected chi connectivity index (χ4v) is 2.68. The molecule has 0 bridgehead atoms. The number of carbonyl (C=O) groups is 1. The molecule has 0 saturated carbocycles. The van der Waals surface area contributed by atoms with Gasteiger partial charge in [-0.3, -0.25) is 4.79 Å². The van der Waals surface area contributed by atoms with Crippen molar-refractivity contribution in [3.05, 3.63) is 47.4 Å². The van der Waals surface area contributed by atoms with Crippen LogP contribution < -0.4 is 15.5 Å². The summed E-state index contributed by atoms with van der Waals surface area (Å²) < 4.78 is 0. The lowest BCUT2D eigenvalue weighted by Crippen LogP contribution is -2.47. The topological polar surface area (TPSA) is 70.2 Å². The second-order valence-corrected chi connectivity index (χ2v) is 5.73. The molecule has 3 rings (SSSR count). The van der Waals surface area contributed by atoms with Gasteiger partial charge in [-0.15, -0.1) is 0 Å². The zero-order chi connectivity index (χ0) is 16.2. The SMILES string of the molecule is Cc1cc(NCc2ccc(N3CCNC(=O)C3)cc2)nc(C)n1. The highest BCUT2D eigenvalue weighted by Gasteiger charge is 2.16. The third-order valence-corrected chi connectivity index (χ3v) is 3.78. The fourth-order valence-electron chi connectivity index (χ4n) is 2.68. The number of aryl methyl sites for hydroxylation is 2. The average Bonchev–Trinajstić information content (AvgIpc) is 2.52. The van der Waals surface area contributed by atoms with Crippen LogP contribution in [0, 0.1) is 13.8 Å². The molecule has 0 spiro atoms. The zero-order valence-corrected chi connectivity index (χ0v) is 13.5. The van der Waals surface area contributed by atoms with E-state index in [2.05, 4.69) is 49.8 Å². The van der Waals surface area contributed by atoms with Gasteiger partial charge in [0, 0.05) is 37.1 Å². The Kier molecular flexibility index (Phi) is 4.41. The largest absolute Gasteiger partial charge is 0.366 e. The van der Waals surface area contributed by atoms with Crippen LogP contribution in [0.25, 0.3) is 0 Å². The number of nitrogens with one attached hydrogen (secondary N) is 2. The molecule has 120 valence electrons. The first kappa shape index (κ1) is 15.3. The molecule has 1 aromatic heterocycles. The molecule has 1 aliphatic rings. The number of rotatable bonds is 4. The number of piperazine rings is 1. The summed E-state index contributed by atoms with van der Waals surface area (Å²) in [4.78, 5) is 22.2. The summed E-state index contributed by atoms with van der Waals surface area (Å²) in [6.07, 6.45) is 0. The summed E-state index contributed by atoms with van der Waals surface area (Å²) in [5.74, 6) is 1.69. The number of hydrogen-bond donors (Lipinski definition) is 2. The molecule has 6 nitrogen and oxygen atoms in total. The van der Waals surface area contributed by atoms with Gasteiger partial charge in [0.1, 0.15) is 11.6 Å². The normalized spacial score (nSPS) is 14.5. The van der Waals surface area contributed by atoms with Gasteiger partial charge in [-0.1, -0.05) is 12.1 Å². The van der Waals surface area contributed by atoms with E-state index < -0.39 is 0 Å². The van der Waals surface area contributed by atoms with Gasteiger partial charge in [-0.2, -0.15) is 0 Å². The van der Waals surface area contributed by atoms with Crippen LogP contribution in [0.15, 0.2) is 30.3 Å². The van der Waals surface area contributed by atoms with Crippen molar-refractivity contribution in [2.24, 2.45) is 0 Å². The van der Waals surface area contributed by atoms with E-state index in [1.807, 2.05) is 19.9 Å². The molecule has 0 unspecified atom stereocenters. The van der Waals surface area contributed by atoms with Crippen LogP contribution in [0.5, 0.6) is 0 Å². The lowest BCUT2D eigenvalue weighted by Gasteiger charge is -2.28. The van der Waals surface area contributed by atoms with Crippen molar-refractivity contribution in [1.29, 1.82) is 0 Å². The van der Waals surface area contributed by atoms with Gasteiger partial charge < -0.3 is 15.5 Å². The summed E-state index contributed by atoms with van der Waals surface area (Å²) >= 11 is 0. The Morgan fingerprint density at radius 2 is 2.00 bits per heavy atom. The molecule has 0 aliphatic carbocycles. The van der Waals surface area contributed by atoms with E-state index in [0.717, 1.165) is 29.6 Å². The number of benzene rings is 1. The Morgan fingerprint density at radius 3 is 2.70 bits per heavy atom. The van der Waals surface area contributed by atoms with Gasteiger partial charge in [-0.25, -0.2) is 9.97 Å². The highest BCUT2D eigenvalue weighted by atomic mass is 16.2. The molecule has 0 radical (unpaired) electrons. The summed E-state index contributed by atoms with van der Waals surface area (Å²) in [6.45, 7) is 6.54. The zero-order valence-electron chi connectivity index (χ0n) is 13.5. The van der Waals surface area contributed by atoms with Gasteiger partial charge in [0.15, 0.2) is 0 Å². The second kappa shape index (κ2) is 6.64. The van der Waals surface area contributed by atoms with Crippen LogP contribution in [0.3, 0.4) is 0 Å². The molecule has 2 heterocycles. The van der Waals surface area contributed by atoms with E-state index in [4.69, 9.17) is 0 Å². The number of hydrogen-bond acceptors (Lipinski definition) is 5. The average molecular weight is 311 g/mol. The van der Waals surface area contributed by atoms with Crippen molar-refractivity contribution in [1.82, 2.24) is 15.3 Å². The maximum absolute atomic E-state index is 11.5. The van der Waals surface area contributed by atoms with E-state index in [-0.39, 0.29) is 5.91 Å². The van der Waals surface area contributed by atoms with Crippen LogP contribution in [-0.2, 0) is 11.3 Å². The molecule has 1 aromatic carbocycles. The van der Waals surface area contributed by atoms with Gasteiger partial charge in [0.05, 0.1) is 6.54 Å². The summed E-state index contributed by atoms with van der Waals surface area (Å²) in [7, 11) is 0. The Balaban J connectivity index is 1.62. The van der Waals surface area contributed by atoms with Crippen LogP contribution in [0.4, 0.5) is 11.5 Å². The minimum absolute atomic E-state index is 0.0801. The van der Waals surface area contributed by atoms with E-state index in [1.165, 1.54) is 5.56 Å². The second-order valence-electron chi connectivity index (χ2n) is 5.73. The molecule has 1 aliphatic heterocycles. The number of carbonyl (C=O) groups excluding carboxylic acids is 1. The van der Waals surface area contributed by atoms with Gasteiger partial charge in [0.2, 0.25) is 5.91 Å². The maximum atomic E-state index is 11.5. The van der Waals surface area contributed by atoms with Crippen molar-refractivity contribution in [3.63, 3.8) is 0 Å². The predicted octanol–water partition coefficient (Wildman–Crippen LogP) is 1.64. The fraction of sp³-hybridized carbons (Fsp3) is 0.353. The first-order chi connectivity index (χ1) is 11.1. The third kappa shape index (κ3) is 3.97. The number of amides is 1. The minimum atomic E-state index is 0.0801. The van der Waals surface area contributed by atoms with E-state index in [0.29, 0.717) is 19.6 Å². The monoisotopic (exact) mass is 311 g/mol. The molecule has 23 heavy (non-hydrogen) atoms. The van der Waals surface area contributed by atoms with Crippen molar-refractivity contribution < 1.29 is 4.79 Å². The van der Waals surface area contributed by atoms with Crippen molar-refractivity contribution in [2.75, 3.05) is 29.9 Å². The first-order valence-electron chi connectivity index (χ1n) is 7.77. The summed E-state index contributed by atoms with van der Waals surface area (Å²) in [6, 6.07) is 10.2. The highest BCUT2D eigenvalue weighted by molar-refractivity contribution is 5.82. The minimum Gasteiger partial charge on any atom is -0.366 e. The van der Waals surface area contributed by atoms with Crippen LogP contribution >= 0.6 is 0 Å². The molecular weight excluding hydrogens is 290 g/mol. The Labute approximate surface area is 135 Å². The van der Waals surface area contributed by atoms with Crippen molar-refractivity contribution in [3.8, 4) is 0 Å².